The van der Waals surface area contributed by atoms with E-state index in [0.717, 1.165) is 0 Å². The van der Waals surface area contributed by atoms with Crippen molar-refractivity contribution in [3.8, 4) is 11.3 Å². The molecule has 2 heterocycles. The maximum Gasteiger partial charge on any atom is 0.435 e. The Hall–Kier alpha value is -2.38. The highest BCUT2D eigenvalue weighted by Gasteiger charge is 2.43. The van der Waals surface area contributed by atoms with Crippen LogP contribution in [0.25, 0.3) is 11.3 Å². The van der Waals surface area contributed by atoms with Crippen molar-refractivity contribution >= 4 is 5.97 Å². The van der Waals surface area contributed by atoms with Gasteiger partial charge in [0.2, 0.25) is 0 Å². The summed E-state index contributed by atoms with van der Waals surface area (Å²) >= 11 is 0. The van der Waals surface area contributed by atoms with Crippen LogP contribution in [-0.4, -0.2) is 27.8 Å². The molecule has 2 aromatic rings. The largest absolute Gasteiger partial charge is 0.469 e. The molecule has 1 fully saturated rings. The van der Waals surface area contributed by atoms with Crippen molar-refractivity contribution < 1.29 is 22.7 Å². The summed E-state index contributed by atoms with van der Waals surface area (Å²) in [6.45, 7) is 1.71. The van der Waals surface area contributed by atoms with E-state index < -0.39 is 29.8 Å². The van der Waals surface area contributed by atoms with Crippen LogP contribution in [0.1, 0.15) is 30.3 Å². The number of hydrogen-bond acceptors (Lipinski definition) is 4. The summed E-state index contributed by atoms with van der Waals surface area (Å²) < 4.78 is 46.0. The first kappa shape index (κ1) is 16.5. The molecule has 1 aliphatic carbocycles. The normalized spacial score (nSPS) is 20.5. The van der Waals surface area contributed by atoms with Crippen LogP contribution in [0, 0.1) is 12.8 Å². The smallest absolute Gasteiger partial charge is 0.435 e. The van der Waals surface area contributed by atoms with Gasteiger partial charge < -0.3 is 4.74 Å². The molecule has 0 radical (unpaired) electrons. The number of methoxy groups -OCH3 is 1. The molecule has 2 aromatic heterocycles. The maximum atomic E-state index is 13.4. The SMILES string of the molecule is COC(=O)C1CCC1n1cc(-c2cccc(C)n2)c(C(F)(F)F)n1. The highest BCUT2D eigenvalue weighted by atomic mass is 19.4. The van der Waals surface area contributed by atoms with Gasteiger partial charge in [0.15, 0.2) is 5.69 Å². The lowest BCUT2D eigenvalue weighted by Crippen LogP contribution is -2.36. The Morgan fingerprint density at radius 3 is 2.62 bits per heavy atom. The first-order chi connectivity index (χ1) is 11.3. The topological polar surface area (TPSA) is 57.0 Å². The zero-order valence-electron chi connectivity index (χ0n) is 13.2. The van der Waals surface area contributed by atoms with Crippen LogP contribution in [0.3, 0.4) is 0 Å². The minimum absolute atomic E-state index is 0.0817. The number of hydrogen-bond donors (Lipinski definition) is 0. The summed E-state index contributed by atoms with van der Waals surface area (Å²) in [6.07, 6.45) is -2.11. The van der Waals surface area contributed by atoms with Gasteiger partial charge >= 0.3 is 12.1 Å². The van der Waals surface area contributed by atoms with Gasteiger partial charge in [0.25, 0.3) is 0 Å². The second kappa shape index (κ2) is 5.92. The number of esters is 1. The van der Waals surface area contributed by atoms with Gasteiger partial charge in [-0.2, -0.15) is 18.3 Å². The molecule has 0 bridgehead atoms. The Bertz CT molecular complexity index is 770. The first-order valence-corrected chi connectivity index (χ1v) is 7.49. The van der Waals surface area contributed by atoms with Crippen molar-refractivity contribution in [2.24, 2.45) is 5.92 Å². The van der Waals surface area contributed by atoms with Crippen LogP contribution < -0.4 is 0 Å². The van der Waals surface area contributed by atoms with Crippen LogP contribution in [0.15, 0.2) is 24.4 Å². The highest BCUT2D eigenvalue weighted by Crippen LogP contribution is 2.42. The summed E-state index contributed by atoms with van der Waals surface area (Å²) in [4.78, 5) is 15.8. The van der Waals surface area contributed by atoms with Gasteiger partial charge in [0.05, 0.1) is 30.3 Å². The fraction of sp³-hybridized carbons (Fsp3) is 0.438. The van der Waals surface area contributed by atoms with E-state index in [1.807, 2.05) is 0 Å². The predicted octanol–water partition coefficient (Wildman–Crippen LogP) is 3.40. The molecule has 2 unspecified atom stereocenters. The first-order valence-electron chi connectivity index (χ1n) is 7.49. The number of halogens is 3. The number of carbonyl (C=O) groups is 1. The summed E-state index contributed by atoms with van der Waals surface area (Å²) in [5, 5.41) is 3.72. The molecule has 5 nitrogen and oxygen atoms in total. The fourth-order valence-electron chi connectivity index (χ4n) is 2.88. The number of alkyl halides is 3. The molecule has 0 aliphatic heterocycles. The van der Waals surface area contributed by atoms with Crippen molar-refractivity contribution in [3.63, 3.8) is 0 Å². The maximum absolute atomic E-state index is 13.4. The van der Waals surface area contributed by atoms with Crippen molar-refractivity contribution in [1.82, 2.24) is 14.8 Å². The van der Waals surface area contributed by atoms with Crippen molar-refractivity contribution in [2.45, 2.75) is 32.0 Å². The fourth-order valence-corrected chi connectivity index (χ4v) is 2.88. The average molecular weight is 339 g/mol. The minimum atomic E-state index is -4.60. The van der Waals surface area contributed by atoms with E-state index in [0.29, 0.717) is 18.5 Å². The second-order valence-electron chi connectivity index (χ2n) is 5.81. The number of pyridine rings is 1. The number of rotatable bonds is 3. The summed E-state index contributed by atoms with van der Waals surface area (Å²) in [7, 11) is 1.27. The Balaban J connectivity index is 2.03. The van der Waals surface area contributed by atoms with E-state index in [1.165, 1.54) is 24.1 Å². The number of aryl methyl sites for hydroxylation is 1. The van der Waals surface area contributed by atoms with Gasteiger partial charge in [-0.3, -0.25) is 14.5 Å². The van der Waals surface area contributed by atoms with E-state index in [2.05, 4.69) is 10.1 Å². The van der Waals surface area contributed by atoms with E-state index >= 15 is 0 Å². The van der Waals surface area contributed by atoms with Gasteiger partial charge in [0, 0.05) is 11.9 Å². The predicted molar refractivity (Wildman–Crippen MR) is 79.0 cm³/mol. The van der Waals surface area contributed by atoms with Crippen LogP contribution in [0.2, 0.25) is 0 Å². The lowest BCUT2D eigenvalue weighted by Gasteiger charge is -2.34. The van der Waals surface area contributed by atoms with E-state index in [-0.39, 0.29) is 11.3 Å². The molecule has 0 amide bonds. The molecule has 0 aromatic carbocycles. The van der Waals surface area contributed by atoms with E-state index in [4.69, 9.17) is 4.74 Å². The lowest BCUT2D eigenvalue weighted by atomic mass is 9.79. The molecule has 128 valence electrons. The molecular weight excluding hydrogens is 323 g/mol. The monoisotopic (exact) mass is 339 g/mol. The van der Waals surface area contributed by atoms with E-state index in [1.54, 1.807) is 19.1 Å². The van der Waals surface area contributed by atoms with Gasteiger partial charge in [-0.25, -0.2) is 0 Å². The molecule has 1 aliphatic rings. The van der Waals surface area contributed by atoms with Gasteiger partial charge in [0.1, 0.15) is 0 Å². The third kappa shape index (κ3) is 2.88. The van der Waals surface area contributed by atoms with Crippen LogP contribution in [0.4, 0.5) is 13.2 Å². The van der Waals surface area contributed by atoms with Gasteiger partial charge in [-0.15, -0.1) is 0 Å². The Morgan fingerprint density at radius 2 is 2.08 bits per heavy atom. The lowest BCUT2D eigenvalue weighted by molar-refractivity contribution is -0.151. The number of carbonyl (C=O) groups excluding carboxylic acids is 1. The zero-order chi connectivity index (χ0) is 17.5. The van der Waals surface area contributed by atoms with Crippen LogP contribution in [-0.2, 0) is 15.7 Å². The molecular formula is C16H16F3N3O2. The molecule has 0 saturated heterocycles. The molecule has 2 atom stereocenters. The quantitative estimate of drug-likeness (QED) is 0.804. The van der Waals surface area contributed by atoms with Crippen molar-refractivity contribution in [2.75, 3.05) is 7.11 Å². The van der Waals surface area contributed by atoms with Crippen molar-refractivity contribution in [1.29, 1.82) is 0 Å². The third-order valence-corrected chi connectivity index (χ3v) is 4.25. The third-order valence-electron chi connectivity index (χ3n) is 4.25. The number of ether oxygens (including phenoxy) is 1. The molecule has 0 N–H and O–H groups in total. The van der Waals surface area contributed by atoms with Crippen molar-refractivity contribution in [3.05, 3.63) is 35.8 Å². The van der Waals surface area contributed by atoms with Gasteiger partial charge in [-0.05, 0) is 31.9 Å². The molecule has 1 saturated carbocycles. The zero-order valence-corrected chi connectivity index (χ0v) is 13.2. The summed E-state index contributed by atoms with van der Waals surface area (Å²) in [6, 6.07) is 4.45. The van der Waals surface area contributed by atoms with Crippen LogP contribution in [0.5, 0.6) is 0 Å². The Labute approximate surface area is 136 Å². The second-order valence-corrected chi connectivity index (χ2v) is 5.81. The van der Waals surface area contributed by atoms with Gasteiger partial charge in [-0.1, -0.05) is 6.07 Å². The van der Waals surface area contributed by atoms with Crippen LogP contribution >= 0.6 is 0 Å². The standard InChI is InChI=1S/C16H16F3N3O2/c1-9-4-3-5-12(20-9)11-8-22(21-14(11)16(17,18)19)13-7-6-10(13)15(23)24-2/h3-5,8,10,13H,6-7H2,1-2H3. The Morgan fingerprint density at radius 1 is 1.33 bits per heavy atom. The molecule has 8 heteroatoms. The minimum Gasteiger partial charge on any atom is -0.469 e. The summed E-state index contributed by atoms with van der Waals surface area (Å²) in [5.41, 5.74) is -0.246. The number of aromatic nitrogens is 3. The molecule has 24 heavy (non-hydrogen) atoms. The molecule has 3 rings (SSSR count). The Kier molecular flexibility index (Phi) is 4.06. The average Bonchev–Trinajstić information content (AvgIpc) is 2.90. The van der Waals surface area contributed by atoms with E-state index in [9.17, 15) is 18.0 Å². The highest BCUT2D eigenvalue weighted by molar-refractivity contribution is 5.74. The summed E-state index contributed by atoms with van der Waals surface area (Å²) in [5.74, 6) is -0.889. The molecule has 0 spiro atoms. The number of nitrogens with zero attached hydrogens (tertiary/aromatic N) is 3.